The van der Waals surface area contributed by atoms with E-state index in [1.165, 1.54) is 11.3 Å². The Morgan fingerprint density at radius 3 is 2.67 bits per heavy atom. The smallest absolute Gasteiger partial charge is 0.221 e. The molecule has 2 atom stereocenters. The number of aryl methyl sites for hydroxylation is 1. The molecule has 1 heterocycles. The number of hydrogen-bond acceptors (Lipinski definition) is 5. The second kappa shape index (κ2) is 6.05. The van der Waals surface area contributed by atoms with Crippen LogP contribution in [0.3, 0.4) is 0 Å². The first kappa shape index (κ1) is 15.5. The van der Waals surface area contributed by atoms with Gasteiger partial charge in [-0.25, -0.2) is 18.1 Å². The molecule has 0 spiro atoms. The molecule has 0 amide bonds. The van der Waals surface area contributed by atoms with Gasteiger partial charge in [-0.3, -0.25) is 0 Å². The summed E-state index contributed by atoms with van der Waals surface area (Å²) in [5.41, 5.74) is 6.33. The maximum atomic E-state index is 12.1. The number of nitrogens with zero attached hydrogens (tertiary/aromatic N) is 1. The average Bonchev–Trinajstić information content (AvgIpc) is 2.63. The summed E-state index contributed by atoms with van der Waals surface area (Å²) >= 11 is 6.21. The molecule has 0 fully saturated rings. The third-order valence-corrected chi connectivity index (χ3v) is 6.01. The third-order valence-electron chi connectivity index (χ3n) is 2.41. The highest BCUT2D eigenvalue weighted by Crippen LogP contribution is 2.19. The van der Waals surface area contributed by atoms with Crippen molar-refractivity contribution in [2.24, 2.45) is 5.73 Å². The van der Waals surface area contributed by atoms with Gasteiger partial charge in [0.1, 0.15) is 10.3 Å². The molecule has 1 rings (SSSR count). The molecule has 1 aromatic rings. The Balaban J connectivity index is 2.86. The maximum Gasteiger partial charge on any atom is 0.221 e. The standard InChI is InChI=1S/C10H17N3O2S3/c1-4-8(9(11)16)18(14,15)13-7(3)10-12-6(2)5-17-10/h5,7-8,13H,4H2,1-3H3,(H2,11,16). The maximum absolute atomic E-state index is 12.1. The first-order valence-corrected chi connectivity index (χ1v) is 8.33. The highest BCUT2D eigenvalue weighted by molar-refractivity contribution is 7.93. The molecule has 2 unspecified atom stereocenters. The summed E-state index contributed by atoms with van der Waals surface area (Å²) in [5.74, 6) is 0. The van der Waals surface area contributed by atoms with Gasteiger partial charge in [-0.2, -0.15) is 0 Å². The Labute approximate surface area is 117 Å². The lowest BCUT2D eigenvalue weighted by Gasteiger charge is -2.18. The summed E-state index contributed by atoms with van der Waals surface area (Å²) in [6.07, 6.45) is 0.355. The van der Waals surface area contributed by atoms with E-state index < -0.39 is 15.3 Å². The van der Waals surface area contributed by atoms with Crippen molar-refractivity contribution in [3.05, 3.63) is 16.1 Å². The van der Waals surface area contributed by atoms with E-state index in [1.54, 1.807) is 13.8 Å². The van der Waals surface area contributed by atoms with E-state index in [1.807, 2.05) is 12.3 Å². The van der Waals surface area contributed by atoms with Crippen molar-refractivity contribution >= 4 is 38.6 Å². The van der Waals surface area contributed by atoms with Gasteiger partial charge in [-0.1, -0.05) is 19.1 Å². The van der Waals surface area contributed by atoms with E-state index in [2.05, 4.69) is 9.71 Å². The number of thiazole rings is 1. The van der Waals surface area contributed by atoms with Gasteiger partial charge in [-0.05, 0) is 20.3 Å². The van der Waals surface area contributed by atoms with Crippen LogP contribution in [0.2, 0.25) is 0 Å². The predicted molar refractivity (Wildman–Crippen MR) is 78.2 cm³/mol. The zero-order valence-corrected chi connectivity index (χ0v) is 13.0. The monoisotopic (exact) mass is 307 g/mol. The number of hydrogen-bond donors (Lipinski definition) is 2. The topological polar surface area (TPSA) is 85.1 Å². The van der Waals surface area contributed by atoms with Gasteiger partial charge in [0, 0.05) is 11.1 Å². The van der Waals surface area contributed by atoms with Crippen molar-refractivity contribution in [2.75, 3.05) is 0 Å². The van der Waals surface area contributed by atoms with Crippen molar-refractivity contribution in [1.29, 1.82) is 0 Å². The largest absolute Gasteiger partial charge is 0.392 e. The minimum absolute atomic E-state index is 0.00693. The van der Waals surface area contributed by atoms with Crippen LogP contribution in [0.4, 0.5) is 0 Å². The van der Waals surface area contributed by atoms with Crippen molar-refractivity contribution in [3.8, 4) is 0 Å². The lowest BCUT2D eigenvalue weighted by Crippen LogP contribution is -2.42. The van der Waals surface area contributed by atoms with E-state index in [4.69, 9.17) is 18.0 Å². The number of nitrogens with two attached hydrogens (primary N) is 1. The molecule has 0 saturated heterocycles. The van der Waals surface area contributed by atoms with Gasteiger partial charge >= 0.3 is 0 Å². The second-order valence-corrected chi connectivity index (χ2v) is 7.27. The van der Waals surface area contributed by atoms with Crippen LogP contribution in [0.15, 0.2) is 5.38 Å². The Hall–Kier alpha value is -0.570. The second-order valence-electron chi connectivity index (χ2n) is 4.01. The summed E-state index contributed by atoms with van der Waals surface area (Å²) in [7, 11) is -3.56. The molecule has 0 radical (unpaired) electrons. The van der Waals surface area contributed by atoms with E-state index in [-0.39, 0.29) is 11.0 Å². The van der Waals surface area contributed by atoms with Crippen LogP contribution in [0.5, 0.6) is 0 Å². The van der Waals surface area contributed by atoms with E-state index in [0.717, 1.165) is 10.7 Å². The Morgan fingerprint density at radius 1 is 1.67 bits per heavy atom. The average molecular weight is 307 g/mol. The zero-order valence-electron chi connectivity index (χ0n) is 10.5. The lowest BCUT2D eigenvalue weighted by atomic mass is 10.3. The van der Waals surface area contributed by atoms with Crippen molar-refractivity contribution < 1.29 is 8.42 Å². The van der Waals surface area contributed by atoms with Gasteiger partial charge in [0.15, 0.2) is 0 Å². The van der Waals surface area contributed by atoms with Crippen LogP contribution in [-0.2, 0) is 10.0 Å². The minimum atomic E-state index is -3.56. The van der Waals surface area contributed by atoms with Crippen LogP contribution in [0.1, 0.15) is 37.0 Å². The predicted octanol–water partition coefficient (Wildman–Crippen LogP) is 1.50. The highest BCUT2D eigenvalue weighted by atomic mass is 32.2. The first-order valence-electron chi connectivity index (χ1n) is 5.50. The molecule has 0 aliphatic rings. The van der Waals surface area contributed by atoms with Crippen molar-refractivity contribution in [2.45, 2.75) is 38.5 Å². The molecule has 5 nitrogen and oxygen atoms in total. The summed E-state index contributed by atoms with van der Waals surface area (Å²) in [5, 5.41) is 1.77. The summed E-state index contributed by atoms with van der Waals surface area (Å²) in [6.45, 7) is 5.36. The Bertz CT molecular complexity index is 524. The molecule has 3 N–H and O–H groups in total. The van der Waals surface area contributed by atoms with Crippen LogP contribution < -0.4 is 10.5 Å². The number of rotatable bonds is 6. The number of thiocarbonyl (C=S) groups is 1. The molecule has 0 aromatic carbocycles. The van der Waals surface area contributed by atoms with Gasteiger partial charge in [0.05, 0.1) is 11.0 Å². The summed E-state index contributed by atoms with van der Waals surface area (Å²) < 4.78 is 26.8. The molecule has 18 heavy (non-hydrogen) atoms. The molecule has 8 heteroatoms. The SMILES string of the molecule is CCC(C(N)=S)S(=O)(=O)NC(C)c1nc(C)cs1. The zero-order chi connectivity index (χ0) is 13.9. The first-order chi connectivity index (χ1) is 8.27. The molecule has 0 saturated carbocycles. The number of nitrogens with one attached hydrogen (secondary N) is 1. The van der Waals surface area contributed by atoms with E-state index >= 15 is 0 Å². The number of sulfonamides is 1. The number of aromatic nitrogens is 1. The molecular formula is C10H17N3O2S3. The molecule has 1 aromatic heterocycles. The third kappa shape index (κ3) is 3.71. The van der Waals surface area contributed by atoms with Crippen LogP contribution in [-0.4, -0.2) is 23.6 Å². The van der Waals surface area contributed by atoms with Gasteiger partial charge in [0.2, 0.25) is 10.0 Å². The fraction of sp³-hybridized carbons (Fsp3) is 0.600. The molecule has 0 bridgehead atoms. The molecule has 0 aliphatic carbocycles. The van der Waals surface area contributed by atoms with Crippen LogP contribution in [0.25, 0.3) is 0 Å². The quantitative estimate of drug-likeness (QED) is 0.778. The summed E-state index contributed by atoms with van der Waals surface area (Å²) in [4.78, 5) is 4.25. The van der Waals surface area contributed by atoms with E-state index in [0.29, 0.717) is 6.42 Å². The summed E-state index contributed by atoms with van der Waals surface area (Å²) in [6, 6.07) is -0.378. The lowest BCUT2D eigenvalue weighted by molar-refractivity contribution is 0.559. The van der Waals surface area contributed by atoms with Crippen molar-refractivity contribution in [1.82, 2.24) is 9.71 Å². The van der Waals surface area contributed by atoms with Gasteiger partial charge < -0.3 is 5.73 Å². The molecular weight excluding hydrogens is 290 g/mol. The fourth-order valence-electron chi connectivity index (χ4n) is 1.52. The Morgan fingerprint density at radius 2 is 2.28 bits per heavy atom. The van der Waals surface area contributed by atoms with Crippen LogP contribution in [0, 0.1) is 6.92 Å². The van der Waals surface area contributed by atoms with Gasteiger partial charge in [0.25, 0.3) is 0 Å². The minimum Gasteiger partial charge on any atom is -0.392 e. The van der Waals surface area contributed by atoms with Crippen molar-refractivity contribution in [3.63, 3.8) is 0 Å². The molecule has 0 aliphatic heterocycles. The Kier molecular flexibility index (Phi) is 5.20. The van der Waals surface area contributed by atoms with E-state index in [9.17, 15) is 8.42 Å². The van der Waals surface area contributed by atoms with Crippen LogP contribution >= 0.6 is 23.6 Å². The highest BCUT2D eigenvalue weighted by Gasteiger charge is 2.28. The van der Waals surface area contributed by atoms with Gasteiger partial charge in [-0.15, -0.1) is 11.3 Å². The normalized spacial score (nSPS) is 15.3. The molecule has 102 valence electrons. The fourth-order valence-corrected chi connectivity index (χ4v) is 4.46.